The molecule has 320 valence electrons. The molecule has 5 aromatic rings. The summed E-state index contributed by atoms with van der Waals surface area (Å²) >= 11 is 0. The molecule has 0 fully saturated rings. The van der Waals surface area contributed by atoms with Gasteiger partial charge in [0.25, 0.3) is 0 Å². The Kier molecular flexibility index (Phi) is 16.7. The van der Waals surface area contributed by atoms with Crippen LogP contribution in [0.3, 0.4) is 0 Å². The van der Waals surface area contributed by atoms with Gasteiger partial charge in [0.15, 0.2) is 0 Å². The lowest BCUT2D eigenvalue weighted by atomic mass is 10.0. The highest BCUT2D eigenvalue weighted by Gasteiger charge is 2.32. The molecule has 0 heterocycles. The monoisotopic (exact) mass is 851 g/mol. The lowest BCUT2D eigenvalue weighted by molar-refractivity contribution is -0.142. The highest BCUT2D eigenvalue weighted by molar-refractivity contribution is 7.46. The average molecular weight is 852 g/mol. The summed E-state index contributed by atoms with van der Waals surface area (Å²) in [7, 11) is -4.81. The van der Waals surface area contributed by atoms with E-state index in [2.05, 4.69) is 25.8 Å². The Morgan fingerprint density at radius 1 is 0.557 bits per heavy atom. The van der Waals surface area contributed by atoms with Crippen LogP contribution in [0, 0.1) is 0 Å². The van der Waals surface area contributed by atoms with E-state index in [-0.39, 0.29) is 37.9 Å². The van der Waals surface area contributed by atoms with Gasteiger partial charge in [-0.15, -0.1) is 0 Å². The van der Waals surface area contributed by atoms with E-state index in [1.165, 1.54) is 24.3 Å². The number of carboxylic acid groups (broad SMARTS) is 1. The van der Waals surface area contributed by atoms with E-state index < -0.39 is 61.6 Å². The Balaban J connectivity index is 1.34. The number of nitrogens with one attached hydrogen (secondary N) is 4. The summed E-state index contributed by atoms with van der Waals surface area (Å²) in [6.07, 6.45) is 0.964. The number of phosphoric ester groups is 1. The average Bonchev–Trinajstić information content (AvgIpc) is 3.23. The Bertz CT molecular complexity index is 2310. The van der Waals surface area contributed by atoms with Gasteiger partial charge < -0.3 is 36.6 Å². The van der Waals surface area contributed by atoms with E-state index in [4.69, 9.17) is 15.5 Å². The van der Waals surface area contributed by atoms with Gasteiger partial charge in [0.05, 0.1) is 6.42 Å². The number of aliphatic carboxylic acids is 1. The molecule has 61 heavy (non-hydrogen) atoms. The predicted molar refractivity (Wildman–Crippen MR) is 229 cm³/mol. The van der Waals surface area contributed by atoms with Crippen molar-refractivity contribution >= 4 is 48.2 Å². The van der Waals surface area contributed by atoms with Gasteiger partial charge in [0.1, 0.15) is 29.9 Å². The number of rotatable bonds is 22. The van der Waals surface area contributed by atoms with Crippen LogP contribution in [0.15, 0.2) is 127 Å². The molecule has 9 N–H and O–H groups in total. The van der Waals surface area contributed by atoms with Crippen molar-refractivity contribution in [2.75, 3.05) is 6.54 Å². The Labute approximate surface area is 353 Å². The molecule has 0 bridgehead atoms. The summed E-state index contributed by atoms with van der Waals surface area (Å²) in [6, 6.07) is 31.9. The highest BCUT2D eigenvalue weighted by atomic mass is 31.2. The number of carboxylic acids is 1. The molecule has 4 atom stereocenters. The molecule has 0 aliphatic heterocycles. The summed E-state index contributed by atoms with van der Waals surface area (Å²) in [4.78, 5) is 86.2. The zero-order valence-electron chi connectivity index (χ0n) is 33.3. The molecule has 0 radical (unpaired) electrons. The molecule has 0 saturated carbocycles. The minimum Gasteiger partial charge on any atom is -0.480 e. The fraction of sp³-hybridized carbons (Fsp3) is 0.267. The zero-order chi connectivity index (χ0) is 43.8. The van der Waals surface area contributed by atoms with Crippen molar-refractivity contribution in [3.8, 4) is 5.75 Å². The normalized spacial score (nSPS) is 13.2. The number of hydrogen-bond acceptors (Lipinski definition) is 8. The first-order valence-corrected chi connectivity index (χ1v) is 21.3. The van der Waals surface area contributed by atoms with Crippen LogP contribution in [0.5, 0.6) is 5.75 Å². The molecule has 5 rings (SSSR count). The zero-order valence-corrected chi connectivity index (χ0v) is 34.2. The maximum Gasteiger partial charge on any atom is 0.524 e. The number of fused-ring (bicyclic) bond motifs is 1. The van der Waals surface area contributed by atoms with Crippen molar-refractivity contribution in [1.82, 2.24) is 21.3 Å². The molecule has 0 saturated heterocycles. The molecule has 16 heteroatoms. The van der Waals surface area contributed by atoms with Crippen molar-refractivity contribution in [2.24, 2.45) is 5.73 Å². The molecule has 0 aliphatic rings. The third-order valence-electron chi connectivity index (χ3n) is 9.81. The number of phosphoric acid groups is 1. The number of benzene rings is 5. The third kappa shape index (κ3) is 15.0. The minimum absolute atomic E-state index is 0.00456. The number of nitrogens with two attached hydrogens (primary N) is 1. The van der Waals surface area contributed by atoms with Gasteiger partial charge >= 0.3 is 13.8 Å². The summed E-state index contributed by atoms with van der Waals surface area (Å²) in [5, 5.41) is 23.0. The lowest BCUT2D eigenvalue weighted by Gasteiger charge is -2.26. The van der Waals surface area contributed by atoms with Gasteiger partial charge in [0, 0.05) is 19.3 Å². The predicted octanol–water partition coefficient (Wildman–Crippen LogP) is 3.73. The van der Waals surface area contributed by atoms with Crippen molar-refractivity contribution in [2.45, 2.75) is 69.1 Å². The van der Waals surface area contributed by atoms with Crippen LogP contribution in [0.2, 0.25) is 0 Å². The van der Waals surface area contributed by atoms with Gasteiger partial charge in [-0.1, -0.05) is 115 Å². The first-order chi connectivity index (χ1) is 29.3. The number of unbranched alkanes of at least 4 members (excludes halogenated alkanes) is 1. The van der Waals surface area contributed by atoms with Crippen molar-refractivity contribution < 1.29 is 48.0 Å². The summed E-state index contributed by atoms with van der Waals surface area (Å²) in [5.74, 6) is -4.02. The fourth-order valence-electron chi connectivity index (χ4n) is 6.74. The van der Waals surface area contributed by atoms with E-state index >= 15 is 0 Å². The second-order valence-corrected chi connectivity index (χ2v) is 15.8. The van der Waals surface area contributed by atoms with Crippen LogP contribution < -0.4 is 31.5 Å². The first kappa shape index (κ1) is 45.7. The highest BCUT2D eigenvalue weighted by Crippen LogP contribution is 2.37. The van der Waals surface area contributed by atoms with Crippen molar-refractivity contribution in [3.05, 3.63) is 150 Å². The summed E-state index contributed by atoms with van der Waals surface area (Å²) in [5.41, 5.74) is 8.36. The molecule has 15 nitrogen and oxygen atoms in total. The topological polar surface area (TPSA) is 246 Å². The number of carbonyl (C=O) groups excluding carboxylic acids is 4. The Hall–Kier alpha value is -6.38. The van der Waals surface area contributed by atoms with Gasteiger partial charge in [-0.25, -0.2) is 9.36 Å². The Morgan fingerprint density at radius 2 is 1.03 bits per heavy atom. The Morgan fingerprint density at radius 3 is 1.61 bits per heavy atom. The van der Waals surface area contributed by atoms with Crippen LogP contribution in [0.4, 0.5) is 0 Å². The van der Waals surface area contributed by atoms with Gasteiger partial charge in [-0.3, -0.25) is 29.0 Å². The third-order valence-corrected chi connectivity index (χ3v) is 10.3. The van der Waals surface area contributed by atoms with Crippen LogP contribution in [0.1, 0.15) is 41.5 Å². The van der Waals surface area contributed by atoms with Gasteiger partial charge in [-0.05, 0) is 71.0 Å². The maximum absolute atomic E-state index is 14.2. The maximum atomic E-state index is 14.2. The van der Waals surface area contributed by atoms with E-state index in [1.54, 1.807) is 30.3 Å². The number of hydrogen-bond donors (Lipinski definition) is 8. The second-order valence-electron chi connectivity index (χ2n) is 14.6. The molecule has 5 aromatic carbocycles. The standard InChI is InChI=1S/C45H50N5O10P/c46-24-10-9-17-37(42(52)50-40(45(55)56)28-32-19-22-36(23-20-32)60-61(57,58)59)48-44(54)39(27-31-13-5-2-6-14-31)49-43(53)38(26-30-11-3-1-4-12-30)47-41(51)29-33-18-21-34-15-7-8-16-35(34)25-33/h1-8,11-16,18-23,25,37-40H,9-10,17,24,26-29,46H2,(H,47,51)(H,48,54)(H,49,53)(H,50,52)(H,55,56)(H2,57,58,59)/t37-,38-,39-,40-/m0/s1. The fourth-order valence-corrected chi connectivity index (χ4v) is 7.13. The number of amides is 4. The molecule has 0 unspecified atom stereocenters. The molecular weight excluding hydrogens is 801 g/mol. The van der Waals surface area contributed by atoms with Gasteiger partial charge in [0.2, 0.25) is 23.6 Å². The van der Waals surface area contributed by atoms with Crippen molar-refractivity contribution in [3.63, 3.8) is 0 Å². The SMILES string of the molecule is NCCCC[C@H](NC(=O)[C@H](Cc1ccccc1)NC(=O)[C@H](Cc1ccccc1)NC(=O)Cc1ccc2ccccc2c1)C(=O)N[C@@H](Cc1ccc(OP(=O)(O)O)cc1)C(=O)O. The van der Waals surface area contributed by atoms with E-state index in [9.17, 15) is 33.6 Å². The van der Waals surface area contributed by atoms with E-state index in [1.807, 2.05) is 72.8 Å². The quantitative estimate of drug-likeness (QED) is 0.0368. The smallest absolute Gasteiger partial charge is 0.480 e. The molecule has 0 aromatic heterocycles. The molecule has 0 aliphatic carbocycles. The lowest BCUT2D eigenvalue weighted by Crippen LogP contribution is -2.58. The second kappa shape index (κ2) is 22.3. The summed E-state index contributed by atoms with van der Waals surface area (Å²) < 4.78 is 15.7. The first-order valence-electron chi connectivity index (χ1n) is 19.8. The van der Waals surface area contributed by atoms with Crippen LogP contribution in [-0.4, -0.2) is 75.2 Å². The van der Waals surface area contributed by atoms with E-state index in [0.717, 1.165) is 21.9 Å². The van der Waals surface area contributed by atoms with Crippen molar-refractivity contribution in [1.29, 1.82) is 0 Å². The number of carbonyl (C=O) groups is 5. The van der Waals surface area contributed by atoms with E-state index in [0.29, 0.717) is 30.5 Å². The minimum atomic E-state index is -4.81. The molecule has 4 amide bonds. The largest absolute Gasteiger partial charge is 0.524 e. The van der Waals surface area contributed by atoms with Crippen LogP contribution in [0.25, 0.3) is 10.8 Å². The molecule has 0 spiro atoms. The molecular formula is C45H50N5O10P. The summed E-state index contributed by atoms with van der Waals surface area (Å²) in [6.45, 7) is 0.309. The van der Waals surface area contributed by atoms with Gasteiger partial charge in [-0.2, -0.15) is 0 Å². The van der Waals surface area contributed by atoms with Crippen LogP contribution in [-0.2, 0) is 54.2 Å². The van der Waals surface area contributed by atoms with Crippen LogP contribution >= 0.6 is 7.82 Å².